The summed E-state index contributed by atoms with van der Waals surface area (Å²) >= 11 is 16.3. The summed E-state index contributed by atoms with van der Waals surface area (Å²) < 4.78 is 0. The summed E-state index contributed by atoms with van der Waals surface area (Å²) in [6, 6.07) is 5.37. The van der Waals surface area contributed by atoms with E-state index >= 15 is 0 Å². The van der Waals surface area contributed by atoms with Crippen LogP contribution in [-0.2, 0) is 0 Å². The van der Waals surface area contributed by atoms with Crippen LogP contribution in [0.25, 0.3) is 6.08 Å². The first kappa shape index (κ1) is 14.0. The van der Waals surface area contributed by atoms with Crippen molar-refractivity contribution in [3.63, 3.8) is 0 Å². The van der Waals surface area contributed by atoms with E-state index in [2.05, 4.69) is 22.7 Å². The van der Waals surface area contributed by atoms with Crippen molar-refractivity contribution in [1.82, 2.24) is 5.43 Å². The van der Waals surface area contributed by atoms with Crippen LogP contribution in [-0.4, -0.2) is 10.8 Å². The maximum atomic E-state index is 5.89. The van der Waals surface area contributed by atoms with E-state index in [1.54, 1.807) is 12.1 Å². The highest BCUT2D eigenvalue weighted by molar-refractivity contribution is 7.80. The lowest BCUT2D eigenvalue weighted by atomic mass is 10.2. The lowest BCUT2D eigenvalue weighted by Gasteiger charge is -1.98. The molecule has 0 bridgehead atoms. The number of hydrogen-bond donors (Lipinski definition) is 2. The highest BCUT2D eigenvalue weighted by Crippen LogP contribution is 2.23. The molecule has 3 N–H and O–H groups in total. The lowest BCUT2D eigenvalue weighted by molar-refractivity contribution is 1.03. The van der Waals surface area contributed by atoms with Gasteiger partial charge >= 0.3 is 0 Å². The highest BCUT2D eigenvalue weighted by atomic mass is 35.5. The normalized spacial score (nSPS) is 11.8. The largest absolute Gasteiger partial charge is 0.375 e. The first-order valence-electron chi connectivity index (χ1n) is 4.72. The third-order valence-corrected chi connectivity index (χ3v) is 2.63. The molecule has 1 aromatic carbocycles. The Morgan fingerprint density at radius 1 is 1.41 bits per heavy atom. The van der Waals surface area contributed by atoms with E-state index in [0.717, 1.165) is 11.3 Å². The van der Waals surface area contributed by atoms with Crippen LogP contribution < -0.4 is 11.2 Å². The molecule has 0 saturated carbocycles. The zero-order valence-corrected chi connectivity index (χ0v) is 11.4. The molecule has 17 heavy (non-hydrogen) atoms. The zero-order chi connectivity index (χ0) is 12.8. The summed E-state index contributed by atoms with van der Waals surface area (Å²) in [6.45, 7) is 1.82. The second-order valence-corrected chi connectivity index (χ2v) is 4.49. The van der Waals surface area contributed by atoms with Crippen LogP contribution in [0, 0.1) is 0 Å². The standard InChI is InChI=1S/C11H11Cl2N3S/c1-7(15-16-11(14)17)2-3-8-4-5-9(12)10(13)6-8/h2-6H,1H3,(H3,14,16,17)/b3-2+,15-7-. The number of nitrogens with zero attached hydrogens (tertiary/aromatic N) is 1. The number of hydrogen-bond acceptors (Lipinski definition) is 2. The molecule has 0 amide bonds. The monoisotopic (exact) mass is 287 g/mol. The van der Waals surface area contributed by atoms with Gasteiger partial charge in [0.05, 0.1) is 15.8 Å². The molecule has 0 aliphatic heterocycles. The zero-order valence-electron chi connectivity index (χ0n) is 9.08. The topological polar surface area (TPSA) is 50.4 Å². The van der Waals surface area contributed by atoms with Gasteiger partial charge in [0.2, 0.25) is 0 Å². The summed E-state index contributed by atoms with van der Waals surface area (Å²) in [5.74, 6) is 0. The van der Waals surface area contributed by atoms with Crippen LogP contribution >= 0.6 is 35.4 Å². The van der Waals surface area contributed by atoms with Crippen molar-refractivity contribution in [2.24, 2.45) is 10.8 Å². The molecule has 1 rings (SSSR count). The molecule has 0 aromatic heterocycles. The maximum absolute atomic E-state index is 5.89. The van der Waals surface area contributed by atoms with Crippen molar-refractivity contribution in [2.75, 3.05) is 0 Å². The van der Waals surface area contributed by atoms with Gasteiger partial charge in [0.15, 0.2) is 5.11 Å². The van der Waals surface area contributed by atoms with E-state index in [1.165, 1.54) is 0 Å². The average Bonchev–Trinajstić information content (AvgIpc) is 2.28. The average molecular weight is 288 g/mol. The Hall–Kier alpha value is -1.10. The fraction of sp³-hybridized carbons (Fsp3) is 0.0909. The minimum absolute atomic E-state index is 0.132. The molecular formula is C11H11Cl2N3S. The van der Waals surface area contributed by atoms with Gasteiger partial charge in [-0.05, 0) is 42.9 Å². The van der Waals surface area contributed by atoms with E-state index < -0.39 is 0 Å². The van der Waals surface area contributed by atoms with Crippen molar-refractivity contribution in [1.29, 1.82) is 0 Å². The second-order valence-electron chi connectivity index (χ2n) is 3.24. The molecule has 0 saturated heterocycles. The van der Waals surface area contributed by atoms with Gasteiger partial charge in [0.1, 0.15) is 0 Å². The molecule has 0 aliphatic carbocycles. The third kappa shape index (κ3) is 5.17. The van der Waals surface area contributed by atoms with Gasteiger partial charge in [0.25, 0.3) is 0 Å². The number of rotatable bonds is 3. The minimum atomic E-state index is 0.132. The van der Waals surface area contributed by atoms with Crippen LogP contribution in [0.2, 0.25) is 10.0 Å². The van der Waals surface area contributed by atoms with Gasteiger partial charge < -0.3 is 5.73 Å². The number of allylic oxidation sites excluding steroid dienone is 1. The molecule has 0 spiro atoms. The van der Waals surface area contributed by atoms with Gasteiger partial charge in [-0.25, -0.2) is 0 Å². The number of nitrogens with two attached hydrogens (primary N) is 1. The SMILES string of the molecule is CC(/C=C/c1ccc(Cl)c(Cl)c1)=N/NC(N)=S. The van der Waals surface area contributed by atoms with Crippen molar-refractivity contribution in [3.8, 4) is 0 Å². The number of halogens is 2. The van der Waals surface area contributed by atoms with E-state index in [-0.39, 0.29) is 5.11 Å². The number of benzene rings is 1. The van der Waals surface area contributed by atoms with Crippen molar-refractivity contribution >= 4 is 52.3 Å². The molecule has 0 fully saturated rings. The summed E-state index contributed by atoms with van der Waals surface area (Å²) in [7, 11) is 0. The molecule has 3 nitrogen and oxygen atoms in total. The van der Waals surface area contributed by atoms with Crippen LogP contribution in [0.4, 0.5) is 0 Å². The number of nitrogens with one attached hydrogen (secondary N) is 1. The van der Waals surface area contributed by atoms with E-state index in [1.807, 2.05) is 25.1 Å². The molecule has 0 heterocycles. The quantitative estimate of drug-likeness (QED) is 0.510. The van der Waals surface area contributed by atoms with Gasteiger partial charge in [-0.15, -0.1) is 0 Å². The second kappa shape index (κ2) is 6.59. The molecular weight excluding hydrogens is 277 g/mol. The maximum Gasteiger partial charge on any atom is 0.184 e. The Kier molecular flexibility index (Phi) is 5.41. The van der Waals surface area contributed by atoms with E-state index in [4.69, 9.17) is 28.9 Å². The summed E-state index contributed by atoms with van der Waals surface area (Å²) in [6.07, 6.45) is 3.67. The van der Waals surface area contributed by atoms with Crippen molar-refractivity contribution < 1.29 is 0 Å². The van der Waals surface area contributed by atoms with E-state index in [0.29, 0.717) is 10.0 Å². The highest BCUT2D eigenvalue weighted by Gasteiger charge is 1.96. The Balaban J connectivity index is 2.73. The van der Waals surface area contributed by atoms with Gasteiger partial charge in [0, 0.05) is 0 Å². The van der Waals surface area contributed by atoms with Crippen molar-refractivity contribution in [2.45, 2.75) is 6.92 Å². The van der Waals surface area contributed by atoms with Gasteiger partial charge in [-0.1, -0.05) is 35.3 Å². The van der Waals surface area contributed by atoms with Crippen LogP contribution in [0.15, 0.2) is 29.4 Å². The molecule has 6 heteroatoms. The van der Waals surface area contributed by atoms with Crippen molar-refractivity contribution in [3.05, 3.63) is 39.9 Å². The molecule has 1 aromatic rings. The molecule has 90 valence electrons. The fourth-order valence-corrected chi connectivity index (χ4v) is 1.37. The van der Waals surface area contributed by atoms with E-state index in [9.17, 15) is 0 Å². The van der Waals surface area contributed by atoms with Crippen LogP contribution in [0.5, 0.6) is 0 Å². The smallest absolute Gasteiger partial charge is 0.184 e. The minimum Gasteiger partial charge on any atom is -0.375 e. The molecule has 0 atom stereocenters. The molecule has 0 unspecified atom stereocenters. The third-order valence-electron chi connectivity index (χ3n) is 1.80. The predicted octanol–water partition coefficient (Wildman–Crippen LogP) is 3.22. The fourth-order valence-electron chi connectivity index (χ4n) is 1.01. The molecule has 0 radical (unpaired) electrons. The molecule has 0 aliphatic rings. The summed E-state index contributed by atoms with van der Waals surface area (Å²) in [4.78, 5) is 0. The summed E-state index contributed by atoms with van der Waals surface area (Å²) in [5, 5.41) is 5.12. The summed E-state index contributed by atoms with van der Waals surface area (Å²) in [5.41, 5.74) is 9.42. The van der Waals surface area contributed by atoms with Gasteiger partial charge in [-0.3, -0.25) is 5.43 Å². The number of hydrazone groups is 1. The lowest BCUT2D eigenvalue weighted by Crippen LogP contribution is -2.24. The Morgan fingerprint density at radius 2 is 2.12 bits per heavy atom. The van der Waals surface area contributed by atoms with Crippen LogP contribution in [0.1, 0.15) is 12.5 Å². The Labute approximate surface area is 115 Å². The first-order valence-corrected chi connectivity index (χ1v) is 5.88. The predicted molar refractivity (Wildman–Crippen MR) is 78.5 cm³/mol. The Bertz CT molecular complexity index is 484. The Morgan fingerprint density at radius 3 is 2.71 bits per heavy atom. The number of thiocarbonyl (C=S) groups is 1. The van der Waals surface area contributed by atoms with Crippen LogP contribution in [0.3, 0.4) is 0 Å². The first-order chi connectivity index (χ1) is 7.99. The van der Waals surface area contributed by atoms with Gasteiger partial charge in [-0.2, -0.15) is 5.10 Å².